The molecule has 2 aliphatic rings. The monoisotopic (exact) mass is 845 g/mol. The Kier molecular flexibility index (Phi) is 8.88. The molecule has 0 amide bonds. The number of benzene rings is 10. The Hall–Kier alpha value is -8.74. The van der Waals surface area contributed by atoms with Crippen LogP contribution in [0.15, 0.2) is 247 Å². The lowest BCUT2D eigenvalue weighted by molar-refractivity contribution is 0.487. The number of para-hydroxylation sites is 4. The molecule has 10 aromatic carbocycles. The predicted octanol–water partition coefficient (Wildman–Crippen LogP) is 14.6. The molecular formula is C60H40BN3O2. The molecule has 0 saturated carbocycles. The van der Waals surface area contributed by atoms with Crippen molar-refractivity contribution in [3.63, 3.8) is 0 Å². The van der Waals surface area contributed by atoms with Gasteiger partial charge in [-0.15, -0.1) is 0 Å². The number of nitrogens with zero attached hydrogens (tertiary/aromatic N) is 3. The SMILES string of the molecule is c1ccc(-c2ccc(N(c3ccc4c(c3)Oc3cccc5c3B4c3ccc(N(c4ccccc4)c4ccccc4)cc3N5c3ccccc3)c3ccc4oc5ccccc5c4c3)cc2)cc1. The topological polar surface area (TPSA) is 32.1 Å². The second-order valence-corrected chi connectivity index (χ2v) is 16.9. The fourth-order valence-corrected chi connectivity index (χ4v) is 10.1. The van der Waals surface area contributed by atoms with E-state index in [1.54, 1.807) is 0 Å². The van der Waals surface area contributed by atoms with Crippen molar-refractivity contribution in [1.82, 2.24) is 0 Å². The van der Waals surface area contributed by atoms with Gasteiger partial charge in [0, 0.05) is 68.0 Å². The van der Waals surface area contributed by atoms with Gasteiger partial charge in [0.25, 0.3) is 6.71 Å². The largest absolute Gasteiger partial charge is 0.458 e. The zero-order valence-corrected chi connectivity index (χ0v) is 35.8. The highest BCUT2D eigenvalue weighted by atomic mass is 16.5. The van der Waals surface area contributed by atoms with Gasteiger partial charge in [0.05, 0.1) is 0 Å². The minimum atomic E-state index is -0.0767. The molecule has 2 aliphatic heterocycles. The molecular weight excluding hydrogens is 805 g/mol. The van der Waals surface area contributed by atoms with Gasteiger partial charge >= 0.3 is 0 Å². The molecule has 0 aliphatic carbocycles. The molecule has 11 aromatic rings. The molecule has 0 radical (unpaired) electrons. The van der Waals surface area contributed by atoms with Crippen LogP contribution in [0.4, 0.5) is 51.2 Å². The van der Waals surface area contributed by atoms with E-state index in [4.69, 9.17) is 9.15 Å². The maximum absolute atomic E-state index is 7.08. The fraction of sp³-hybridized carbons (Fsp3) is 0. The zero-order valence-electron chi connectivity index (χ0n) is 35.8. The predicted molar refractivity (Wildman–Crippen MR) is 274 cm³/mol. The molecule has 3 heterocycles. The van der Waals surface area contributed by atoms with Crippen LogP contribution in [0.1, 0.15) is 0 Å². The Labute approximate surface area is 383 Å². The standard InChI is InChI=1S/C60H40BN3O2/c1-5-16-41(17-6-1)42-28-30-46(31-29-42)63(47-34-37-57-51(38-47)50-24-13-14-26-56(50)65-57)49-33-36-53-59(40-49)66-58-27-15-25-54-60(58)61(53)52-35-32-48(39-55(52)64(54)45-22-11-4-12-23-45)62(43-18-7-2-8-19-43)44-20-9-3-10-21-44/h1-40H. The molecule has 6 heteroatoms. The van der Waals surface area contributed by atoms with Crippen LogP contribution in [0.3, 0.4) is 0 Å². The normalized spacial score (nSPS) is 12.3. The average Bonchev–Trinajstić information content (AvgIpc) is 3.76. The first-order valence-corrected chi connectivity index (χ1v) is 22.4. The zero-order chi connectivity index (χ0) is 43.6. The van der Waals surface area contributed by atoms with Crippen LogP contribution in [0, 0.1) is 0 Å². The van der Waals surface area contributed by atoms with Gasteiger partial charge in [-0.25, -0.2) is 0 Å². The third-order valence-corrected chi connectivity index (χ3v) is 13.1. The molecule has 0 bridgehead atoms. The molecule has 5 nitrogen and oxygen atoms in total. The maximum Gasteiger partial charge on any atom is 0.256 e. The van der Waals surface area contributed by atoms with E-state index in [1.807, 2.05) is 12.1 Å². The van der Waals surface area contributed by atoms with Crippen molar-refractivity contribution in [1.29, 1.82) is 0 Å². The molecule has 0 saturated heterocycles. The van der Waals surface area contributed by atoms with Crippen molar-refractivity contribution in [3.8, 4) is 22.6 Å². The van der Waals surface area contributed by atoms with E-state index < -0.39 is 0 Å². The third kappa shape index (κ3) is 6.26. The number of anilines is 9. The Morgan fingerprint density at radius 2 is 0.894 bits per heavy atom. The van der Waals surface area contributed by atoms with Crippen LogP contribution >= 0.6 is 0 Å². The minimum absolute atomic E-state index is 0.0767. The van der Waals surface area contributed by atoms with E-state index in [1.165, 1.54) is 11.0 Å². The molecule has 13 rings (SSSR count). The second-order valence-electron chi connectivity index (χ2n) is 16.9. The Balaban J connectivity index is 0.979. The summed E-state index contributed by atoms with van der Waals surface area (Å²) >= 11 is 0. The third-order valence-electron chi connectivity index (χ3n) is 13.1. The number of fused-ring (bicyclic) bond motifs is 7. The minimum Gasteiger partial charge on any atom is -0.458 e. The highest BCUT2D eigenvalue weighted by molar-refractivity contribution is 6.99. The van der Waals surface area contributed by atoms with Gasteiger partial charge in [-0.05, 0) is 131 Å². The van der Waals surface area contributed by atoms with Gasteiger partial charge in [0.1, 0.15) is 22.7 Å². The second kappa shape index (κ2) is 15.5. The van der Waals surface area contributed by atoms with E-state index in [2.05, 4.69) is 245 Å². The fourth-order valence-electron chi connectivity index (χ4n) is 10.1. The quantitative estimate of drug-likeness (QED) is 0.142. The molecule has 0 fully saturated rings. The average molecular weight is 846 g/mol. The van der Waals surface area contributed by atoms with E-state index in [0.717, 1.165) is 101 Å². The van der Waals surface area contributed by atoms with Crippen molar-refractivity contribution in [3.05, 3.63) is 243 Å². The smallest absolute Gasteiger partial charge is 0.256 e. The van der Waals surface area contributed by atoms with Gasteiger partial charge in [-0.3, -0.25) is 0 Å². The summed E-state index contributed by atoms with van der Waals surface area (Å²) in [6.07, 6.45) is 0. The number of hydrogen-bond acceptors (Lipinski definition) is 5. The highest BCUT2D eigenvalue weighted by Gasteiger charge is 2.42. The molecule has 0 spiro atoms. The summed E-state index contributed by atoms with van der Waals surface area (Å²) in [4.78, 5) is 7.07. The molecule has 0 unspecified atom stereocenters. The van der Waals surface area contributed by atoms with Gasteiger partial charge in [0.2, 0.25) is 0 Å². The van der Waals surface area contributed by atoms with E-state index >= 15 is 0 Å². The van der Waals surface area contributed by atoms with Crippen molar-refractivity contribution in [2.75, 3.05) is 14.7 Å². The number of furan rings is 1. The van der Waals surface area contributed by atoms with Crippen LogP contribution in [-0.4, -0.2) is 6.71 Å². The Bertz CT molecular complexity index is 3540. The Morgan fingerprint density at radius 3 is 1.64 bits per heavy atom. The first kappa shape index (κ1) is 37.8. The lowest BCUT2D eigenvalue weighted by Gasteiger charge is -2.40. The summed E-state index contributed by atoms with van der Waals surface area (Å²) in [5, 5.41) is 2.16. The lowest BCUT2D eigenvalue weighted by atomic mass is 9.34. The molecule has 310 valence electrons. The number of ether oxygens (including phenoxy) is 1. The summed E-state index contributed by atoms with van der Waals surface area (Å²) in [7, 11) is 0. The summed E-state index contributed by atoms with van der Waals surface area (Å²) in [6.45, 7) is -0.0767. The molecule has 1 aromatic heterocycles. The summed E-state index contributed by atoms with van der Waals surface area (Å²) < 4.78 is 13.4. The molecule has 0 atom stereocenters. The molecule has 66 heavy (non-hydrogen) atoms. The first-order valence-electron chi connectivity index (χ1n) is 22.4. The van der Waals surface area contributed by atoms with Gasteiger partial charge in [-0.1, -0.05) is 133 Å². The molecule has 0 N–H and O–H groups in total. The van der Waals surface area contributed by atoms with Gasteiger partial charge in [-0.2, -0.15) is 0 Å². The van der Waals surface area contributed by atoms with Crippen molar-refractivity contribution < 1.29 is 9.15 Å². The van der Waals surface area contributed by atoms with Crippen molar-refractivity contribution in [2.24, 2.45) is 0 Å². The van der Waals surface area contributed by atoms with Gasteiger partial charge < -0.3 is 23.9 Å². The maximum atomic E-state index is 7.08. The summed E-state index contributed by atoms with van der Waals surface area (Å²) in [6, 6.07) is 86.2. The number of rotatable bonds is 8. The van der Waals surface area contributed by atoms with Crippen molar-refractivity contribution >= 4 is 96.2 Å². The summed E-state index contributed by atoms with van der Waals surface area (Å²) in [5.41, 5.74) is 17.2. The van der Waals surface area contributed by atoms with Gasteiger partial charge in [0.15, 0.2) is 0 Å². The summed E-state index contributed by atoms with van der Waals surface area (Å²) in [5.74, 6) is 1.69. The Morgan fingerprint density at radius 1 is 0.348 bits per heavy atom. The lowest BCUT2D eigenvalue weighted by Crippen LogP contribution is -2.59. The van der Waals surface area contributed by atoms with Crippen molar-refractivity contribution in [2.45, 2.75) is 0 Å². The van der Waals surface area contributed by atoms with Crippen LogP contribution in [0.5, 0.6) is 11.5 Å². The van der Waals surface area contributed by atoms with E-state index in [-0.39, 0.29) is 6.71 Å². The van der Waals surface area contributed by atoms with Crippen LogP contribution < -0.4 is 35.8 Å². The van der Waals surface area contributed by atoms with E-state index in [9.17, 15) is 0 Å². The van der Waals surface area contributed by atoms with Crippen LogP contribution in [0.2, 0.25) is 0 Å². The van der Waals surface area contributed by atoms with E-state index in [0.29, 0.717) is 0 Å². The van der Waals surface area contributed by atoms with Crippen LogP contribution in [0.25, 0.3) is 33.1 Å². The highest BCUT2D eigenvalue weighted by Crippen LogP contribution is 2.45. The first-order chi connectivity index (χ1) is 32.7. The van der Waals surface area contributed by atoms with Crippen LogP contribution in [-0.2, 0) is 0 Å². The number of hydrogen-bond donors (Lipinski definition) is 0.